The molecule has 6 heteroatoms. The van der Waals surface area contributed by atoms with E-state index in [4.69, 9.17) is 16.9 Å². The fourth-order valence-electron chi connectivity index (χ4n) is 1.44. The third kappa shape index (κ3) is 2.87. The second kappa shape index (κ2) is 5.46. The molecule has 0 fully saturated rings. The van der Waals surface area contributed by atoms with Crippen molar-refractivity contribution in [3.05, 3.63) is 58.6 Å². The highest BCUT2D eigenvalue weighted by molar-refractivity contribution is 6.32. The molecular weight excluding hydrogens is 269 g/mol. The van der Waals surface area contributed by atoms with Crippen molar-refractivity contribution in [1.82, 2.24) is 4.98 Å². The number of hydrogen-bond donors (Lipinski definition) is 1. The van der Waals surface area contributed by atoms with Gasteiger partial charge in [-0.1, -0.05) is 11.6 Å². The van der Waals surface area contributed by atoms with Crippen LogP contribution in [0, 0.1) is 17.1 Å². The van der Waals surface area contributed by atoms with Crippen LogP contribution in [0.3, 0.4) is 0 Å². The van der Waals surface area contributed by atoms with E-state index >= 15 is 0 Å². The van der Waals surface area contributed by atoms with Crippen LogP contribution in [0.5, 0.6) is 0 Å². The first-order valence-corrected chi connectivity index (χ1v) is 5.60. The van der Waals surface area contributed by atoms with Gasteiger partial charge in [0.25, 0.3) is 5.91 Å². The highest BCUT2D eigenvalue weighted by atomic mass is 35.5. The van der Waals surface area contributed by atoms with E-state index in [0.29, 0.717) is 11.3 Å². The number of amides is 1. The zero-order chi connectivity index (χ0) is 13.8. The number of pyridine rings is 1. The van der Waals surface area contributed by atoms with Crippen LogP contribution < -0.4 is 5.32 Å². The first kappa shape index (κ1) is 13.0. The lowest BCUT2D eigenvalue weighted by Gasteiger charge is -2.06. The maximum absolute atomic E-state index is 13.3. The number of anilines is 1. The van der Waals surface area contributed by atoms with Gasteiger partial charge in [-0.05, 0) is 24.3 Å². The Morgan fingerprint density at radius 3 is 2.84 bits per heavy atom. The molecule has 0 aliphatic carbocycles. The molecule has 1 amide bonds. The van der Waals surface area contributed by atoms with E-state index in [1.165, 1.54) is 30.5 Å². The zero-order valence-electron chi connectivity index (χ0n) is 9.52. The summed E-state index contributed by atoms with van der Waals surface area (Å²) < 4.78 is 13.3. The minimum atomic E-state index is -0.709. The monoisotopic (exact) mass is 275 g/mol. The van der Waals surface area contributed by atoms with Crippen molar-refractivity contribution < 1.29 is 9.18 Å². The Kier molecular flexibility index (Phi) is 3.74. The van der Waals surface area contributed by atoms with Gasteiger partial charge in [-0.2, -0.15) is 5.26 Å². The van der Waals surface area contributed by atoms with Crippen molar-refractivity contribution in [2.24, 2.45) is 0 Å². The maximum Gasteiger partial charge on any atom is 0.258 e. The Balaban J connectivity index is 2.23. The Morgan fingerprint density at radius 1 is 1.42 bits per heavy atom. The topological polar surface area (TPSA) is 65.8 Å². The van der Waals surface area contributed by atoms with Gasteiger partial charge in [-0.3, -0.25) is 9.78 Å². The molecule has 1 aromatic carbocycles. The average Bonchev–Trinajstić information content (AvgIpc) is 2.39. The van der Waals surface area contributed by atoms with Crippen molar-refractivity contribution in [2.75, 3.05) is 5.32 Å². The van der Waals surface area contributed by atoms with Gasteiger partial charge >= 0.3 is 0 Å². The lowest BCUT2D eigenvalue weighted by atomic mass is 10.2. The molecule has 1 aromatic heterocycles. The van der Waals surface area contributed by atoms with Gasteiger partial charge in [0.1, 0.15) is 6.07 Å². The summed E-state index contributed by atoms with van der Waals surface area (Å²) in [6.45, 7) is 0. The smallest absolute Gasteiger partial charge is 0.258 e. The van der Waals surface area contributed by atoms with Gasteiger partial charge in [-0.15, -0.1) is 0 Å². The number of carbonyl (C=O) groups excluding carboxylic acids is 1. The molecule has 1 N–H and O–H groups in total. The Morgan fingerprint density at radius 2 is 2.21 bits per heavy atom. The molecule has 0 spiro atoms. The van der Waals surface area contributed by atoms with Crippen molar-refractivity contribution >= 4 is 23.2 Å². The van der Waals surface area contributed by atoms with E-state index in [0.717, 1.165) is 6.20 Å². The van der Waals surface area contributed by atoms with Crippen LogP contribution in [0.15, 0.2) is 36.7 Å². The molecule has 94 valence electrons. The van der Waals surface area contributed by atoms with Crippen LogP contribution in [0.2, 0.25) is 5.02 Å². The van der Waals surface area contributed by atoms with Crippen LogP contribution >= 0.6 is 11.6 Å². The van der Waals surface area contributed by atoms with Crippen molar-refractivity contribution in [3.8, 4) is 6.07 Å². The largest absolute Gasteiger partial charge is 0.322 e. The minimum absolute atomic E-state index is 0.115. The fraction of sp³-hybridized carbons (Fsp3) is 0. The number of rotatable bonds is 2. The van der Waals surface area contributed by atoms with Crippen LogP contribution in [-0.4, -0.2) is 10.9 Å². The number of aromatic nitrogens is 1. The predicted molar refractivity (Wildman–Crippen MR) is 68.3 cm³/mol. The van der Waals surface area contributed by atoms with Gasteiger partial charge in [0.05, 0.1) is 22.3 Å². The summed E-state index contributed by atoms with van der Waals surface area (Å²) in [5.74, 6) is -1.32. The predicted octanol–water partition coefficient (Wildman–Crippen LogP) is 3.00. The molecule has 2 aromatic rings. The SMILES string of the molecule is N#Cc1ccc(NC(=O)c2ccncc2F)cc1Cl. The second-order valence-corrected chi connectivity index (χ2v) is 4.02. The lowest BCUT2D eigenvalue weighted by Crippen LogP contribution is -2.13. The van der Waals surface area contributed by atoms with E-state index in [-0.39, 0.29) is 10.6 Å². The van der Waals surface area contributed by atoms with Crippen LogP contribution in [0.1, 0.15) is 15.9 Å². The Labute approximate surface area is 113 Å². The third-order valence-electron chi connectivity index (χ3n) is 2.36. The summed E-state index contributed by atoms with van der Waals surface area (Å²) >= 11 is 5.83. The summed E-state index contributed by atoms with van der Waals surface area (Å²) in [7, 11) is 0. The van der Waals surface area contributed by atoms with E-state index in [1.54, 1.807) is 0 Å². The summed E-state index contributed by atoms with van der Waals surface area (Å²) in [5, 5.41) is 11.4. The van der Waals surface area contributed by atoms with Crippen LogP contribution in [0.4, 0.5) is 10.1 Å². The average molecular weight is 276 g/mol. The number of nitriles is 1. The molecule has 4 nitrogen and oxygen atoms in total. The van der Waals surface area contributed by atoms with E-state index in [1.807, 2.05) is 6.07 Å². The van der Waals surface area contributed by atoms with Gasteiger partial charge in [0.15, 0.2) is 5.82 Å². The molecule has 1 heterocycles. The number of nitrogens with one attached hydrogen (secondary N) is 1. The van der Waals surface area contributed by atoms with Crippen molar-refractivity contribution in [2.45, 2.75) is 0 Å². The third-order valence-corrected chi connectivity index (χ3v) is 2.68. The first-order valence-electron chi connectivity index (χ1n) is 5.22. The highest BCUT2D eigenvalue weighted by Crippen LogP contribution is 2.20. The normalized spacial score (nSPS) is 9.74. The number of nitrogens with zero attached hydrogens (tertiary/aromatic N) is 2. The summed E-state index contributed by atoms with van der Waals surface area (Å²) in [4.78, 5) is 15.4. The van der Waals surface area contributed by atoms with Crippen LogP contribution in [-0.2, 0) is 0 Å². The molecule has 0 atom stereocenters. The standard InChI is InChI=1S/C13H7ClFN3O/c14-11-5-9(2-1-8(11)6-16)18-13(19)10-3-4-17-7-12(10)15/h1-5,7H,(H,18,19). The van der Waals surface area contributed by atoms with E-state index in [9.17, 15) is 9.18 Å². The first-order chi connectivity index (χ1) is 9.11. The molecule has 0 radical (unpaired) electrons. The molecule has 19 heavy (non-hydrogen) atoms. The molecule has 0 saturated heterocycles. The van der Waals surface area contributed by atoms with Crippen molar-refractivity contribution in [1.29, 1.82) is 5.26 Å². The second-order valence-electron chi connectivity index (χ2n) is 3.62. The fourth-order valence-corrected chi connectivity index (χ4v) is 1.66. The van der Waals surface area contributed by atoms with Gasteiger partial charge < -0.3 is 5.32 Å². The molecule has 0 bridgehead atoms. The van der Waals surface area contributed by atoms with Crippen LogP contribution in [0.25, 0.3) is 0 Å². The molecule has 0 aliphatic heterocycles. The quantitative estimate of drug-likeness (QED) is 0.916. The summed E-state index contributed by atoms with van der Waals surface area (Å²) in [6, 6.07) is 7.59. The van der Waals surface area contributed by atoms with E-state index < -0.39 is 11.7 Å². The van der Waals surface area contributed by atoms with E-state index in [2.05, 4.69) is 10.3 Å². The molecular formula is C13H7ClFN3O. The number of halogens is 2. The van der Waals surface area contributed by atoms with Gasteiger partial charge in [-0.25, -0.2) is 4.39 Å². The molecule has 2 rings (SSSR count). The minimum Gasteiger partial charge on any atom is -0.322 e. The molecule has 0 unspecified atom stereocenters. The maximum atomic E-state index is 13.3. The summed E-state index contributed by atoms with van der Waals surface area (Å²) in [5.41, 5.74) is 0.565. The van der Waals surface area contributed by atoms with Gasteiger partial charge in [0.2, 0.25) is 0 Å². The Bertz CT molecular complexity index is 682. The Hall–Kier alpha value is -2.45. The molecule has 0 aliphatic rings. The number of carbonyl (C=O) groups is 1. The highest BCUT2D eigenvalue weighted by Gasteiger charge is 2.12. The summed E-state index contributed by atoms with van der Waals surface area (Å²) in [6.07, 6.45) is 2.28. The van der Waals surface area contributed by atoms with Gasteiger partial charge in [0, 0.05) is 11.9 Å². The number of benzene rings is 1. The van der Waals surface area contributed by atoms with Crippen molar-refractivity contribution in [3.63, 3.8) is 0 Å². The molecule has 0 saturated carbocycles. The lowest BCUT2D eigenvalue weighted by molar-refractivity contribution is 0.102. The number of hydrogen-bond acceptors (Lipinski definition) is 3. The zero-order valence-corrected chi connectivity index (χ0v) is 10.3.